The number of halogens is 1. The Labute approximate surface area is 176 Å². The predicted octanol–water partition coefficient (Wildman–Crippen LogP) is 5.77. The van der Waals surface area contributed by atoms with E-state index in [9.17, 15) is 0 Å². The molecule has 0 fully saturated rings. The third-order valence-corrected chi connectivity index (χ3v) is 19.1. The molecular weight excluding hydrogens is 428 g/mol. The molecule has 27 heavy (non-hydrogen) atoms. The monoisotopic (exact) mass is 462 g/mol. The maximum Gasteiger partial charge on any atom is 0.240 e. The molecule has 0 aliphatic carbocycles. The van der Waals surface area contributed by atoms with Gasteiger partial charge < -0.3 is 4.43 Å². The number of rotatable bonds is 7. The highest BCUT2D eigenvalue weighted by molar-refractivity contribution is 9.09. The van der Waals surface area contributed by atoms with E-state index >= 15 is 0 Å². The van der Waals surface area contributed by atoms with Crippen LogP contribution in [0, 0.1) is 5.41 Å². The summed E-state index contributed by atoms with van der Waals surface area (Å²) in [6.45, 7) is 16.6. The van der Waals surface area contributed by atoms with Gasteiger partial charge in [0.05, 0.1) is 13.7 Å². The van der Waals surface area contributed by atoms with Crippen molar-refractivity contribution in [2.45, 2.75) is 64.7 Å². The molecule has 0 bridgehead atoms. The van der Waals surface area contributed by atoms with Crippen LogP contribution in [-0.2, 0) is 4.43 Å². The minimum Gasteiger partial charge on any atom is -0.407 e. The van der Waals surface area contributed by atoms with Crippen molar-refractivity contribution in [3.63, 3.8) is 0 Å². The number of benzene rings is 2. The van der Waals surface area contributed by atoms with Crippen LogP contribution in [0.25, 0.3) is 0 Å². The summed E-state index contributed by atoms with van der Waals surface area (Å²) in [5.41, 5.74) is 0.0868. The lowest BCUT2D eigenvalue weighted by Crippen LogP contribution is -2.76. The van der Waals surface area contributed by atoms with Gasteiger partial charge in [0.25, 0.3) is 0 Å². The lowest BCUT2D eigenvalue weighted by atomic mass is 9.87. The molecule has 0 spiro atoms. The highest BCUT2D eigenvalue weighted by atomic mass is 79.9. The Kier molecular flexibility index (Phi) is 7.34. The molecule has 0 aromatic heterocycles. The Bertz CT molecular complexity index is 663. The summed E-state index contributed by atoms with van der Waals surface area (Å²) in [6.07, 6.45) is 1.22. The Morgan fingerprint density at radius 1 is 0.852 bits per heavy atom. The smallest absolute Gasteiger partial charge is 0.240 e. The van der Waals surface area contributed by atoms with Crippen LogP contribution in [-0.4, -0.2) is 26.4 Å². The van der Waals surface area contributed by atoms with Gasteiger partial charge in [0.1, 0.15) is 0 Å². The summed E-state index contributed by atoms with van der Waals surface area (Å²) in [5.74, 6) is 0. The van der Waals surface area contributed by atoms with Crippen LogP contribution in [0.2, 0.25) is 19.6 Å². The van der Waals surface area contributed by atoms with Crippen molar-refractivity contribution in [1.29, 1.82) is 0 Å². The highest BCUT2D eigenvalue weighted by Gasteiger charge is 2.53. The van der Waals surface area contributed by atoms with E-state index < -0.39 is 15.4 Å². The van der Waals surface area contributed by atoms with Crippen LogP contribution in [0.3, 0.4) is 0 Å². The van der Waals surface area contributed by atoms with E-state index in [1.54, 1.807) is 0 Å². The number of hydrogen-bond donors (Lipinski definition) is 0. The van der Waals surface area contributed by atoms with Gasteiger partial charge >= 0.3 is 0 Å². The Balaban J connectivity index is 2.72. The van der Waals surface area contributed by atoms with Gasteiger partial charge in [0.15, 0.2) is 0 Å². The highest BCUT2D eigenvalue weighted by Crippen LogP contribution is 2.33. The summed E-state index contributed by atoms with van der Waals surface area (Å²) >= 11 is 3.78. The minimum absolute atomic E-state index is 0.0868. The molecule has 148 valence electrons. The van der Waals surface area contributed by atoms with Crippen LogP contribution >= 0.6 is 15.9 Å². The summed E-state index contributed by atoms with van der Waals surface area (Å²) in [6, 6.07) is 22.1. The largest absolute Gasteiger partial charge is 0.407 e. The van der Waals surface area contributed by atoms with Crippen molar-refractivity contribution in [3.8, 4) is 0 Å². The molecule has 0 N–H and O–H groups in total. The topological polar surface area (TPSA) is 9.23 Å². The van der Waals surface area contributed by atoms with Gasteiger partial charge in [-0.2, -0.15) is 0 Å². The molecule has 2 aromatic rings. The second-order valence-electron chi connectivity index (χ2n) is 9.65. The van der Waals surface area contributed by atoms with Gasteiger partial charge in [0, 0.05) is 4.83 Å². The molecule has 1 nitrogen and oxygen atoms in total. The van der Waals surface area contributed by atoms with E-state index in [4.69, 9.17) is 4.43 Å². The fourth-order valence-corrected chi connectivity index (χ4v) is 16.7. The van der Waals surface area contributed by atoms with Crippen molar-refractivity contribution in [2.24, 2.45) is 5.41 Å². The molecule has 2 atom stereocenters. The van der Waals surface area contributed by atoms with Crippen molar-refractivity contribution in [1.82, 2.24) is 0 Å². The van der Waals surface area contributed by atoms with Gasteiger partial charge in [-0.3, -0.25) is 0 Å². The van der Waals surface area contributed by atoms with Crippen LogP contribution in [0.15, 0.2) is 60.7 Å². The standard InChI is InChI=1S/C23H35BrOSi2/c1-19(24)18-22(23(2,3)4)25-27(26(5,6)7,20-14-10-8-11-15-20)21-16-12-9-13-17-21/h8-17,19,22H,18H2,1-7H3. The first-order valence-electron chi connectivity index (χ1n) is 9.91. The van der Waals surface area contributed by atoms with Crippen LogP contribution in [0.4, 0.5) is 0 Å². The van der Waals surface area contributed by atoms with Crippen LogP contribution < -0.4 is 10.4 Å². The van der Waals surface area contributed by atoms with Crippen molar-refractivity contribution >= 4 is 41.7 Å². The van der Waals surface area contributed by atoms with E-state index in [1.165, 1.54) is 10.4 Å². The molecule has 0 saturated carbocycles. The third-order valence-electron chi connectivity index (χ3n) is 5.24. The van der Waals surface area contributed by atoms with E-state index in [-0.39, 0.29) is 11.5 Å². The molecule has 2 aromatic carbocycles. The molecule has 2 unspecified atom stereocenters. The van der Waals surface area contributed by atoms with Crippen LogP contribution in [0.5, 0.6) is 0 Å². The zero-order valence-electron chi connectivity index (χ0n) is 17.9. The zero-order chi connectivity index (χ0) is 20.3. The molecule has 0 amide bonds. The summed E-state index contributed by atoms with van der Waals surface area (Å²) in [7, 11) is -4.08. The number of alkyl halides is 1. The van der Waals surface area contributed by atoms with E-state index in [0.29, 0.717) is 4.83 Å². The van der Waals surface area contributed by atoms with E-state index in [1.807, 2.05) is 0 Å². The fraction of sp³-hybridized carbons (Fsp3) is 0.478. The van der Waals surface area contributed by atoms with Gasteiger partial charge in [-0.05, 0) is 22.2 Å². The van der Waals surface area contributed by atoms with Crippen molar-refractivity contribution < 1.29 is 4.43 Å². The summed E-state index contributed by atoms with van der Waals surface area (Å²) < 4.78 is 7.42. The number of hydrogen-bond acceptors (Lipinski definition) is 1. The van der Waals surface area contributed by atoms with Crippen molar-refractivity contribution in [2.75, 3.05) is 0 Å². The second-order valence-corrected chi connectivity index (χ2v) is 25.1. The SMILES string of the molecule is CC(Br)CC(O[Si](c1ccccc1)(c1ccccc1)[Si](C)(C)C)C(C)(C)C. The van der Waals surface area contributed by atoms with Gasteiger partial charge in [0.2, 0.25) is 7.83 Å². The molecule has 0 aliphatic rings. The van der Waals surface area contributed by atoms with Gasteiger partial charge in [-0.15, -0.1) is 0 Å². The lowest BCUT2D eigenvalue weighted by Gasteiger charge is -2.47. The molecule has 4 heteroatoms. The first kappa shape index (κ1) is 22.6. The summed E-state index contributed by atoms with van der Waals surface area (Å²) in [4.78, 5) is 0.432. The maximum absolute atomic E-state index is 7.42. The van der Waals surface area contributed by atoms with E-state index in [0.717, 1.165) is 6.42 Å². The normalized spacial score (nSPS) is 15.4. The zero-order valence-corrected chi connectivity index (χ0v) is 21.5. The fourth-order valence-electron chi connectivity index (χ4n) is 3.78. The average molecular weight is 464 g/mol. The molecular formula is C23H35BrOSi2. The molecule has 0 radical (unpaired) electrons. The lowest BCUT2D eigenvalue weighted by molar-refractivity contribution is 0.0792. The maximum atomic E-state index is 7.42. The Hall–Kier alpha value is -0.686. The second kappa shape index (κ2) is 8.77. The predicted molar refractivity (Wildman–Crippen MR) is 129 cm³/mol. The average Bonchev–Trinajstić information content (AvgIpc) is 2.58. The first-order valence-corrected chi connectivity index (χ1v) is 17.2. The van der Waals surface area contributed by atoms with E-state index in [2.05, 4.69) is 124 Å². The molecule has 0 aliphatic heterocycles. The van der Waals surface area contributed by atoms with Gasteiger partial charge in [-0.1, -0.05) is 124 Å². The van der Waals surface area contributed by atoms with Crippen molar-refractivity contribution in [3.05, 3.63) is 60.7 Å². The summed E-state index contributed by atoms with van der Waals surface area (Å²) in [5, 5.41) is 2.82. The Morgan fingerprint density at radius 2 is 1.26 bits per heavy atom. The molecule has 0 heterocycles. The van der Waals surface area contributed by atoms with Crippen LogP contribution in [0.1, 0.15) is 34.1 Å². The quantitative estimate of drug-likeness (QED) is 0.374. The minimum atomic E-state index is -2.37. The molecule has 2 rings (SSSR count). The van der Waals surface area contributed by atoms with Gasteiger partial charge in [-0.25, -0.2) is 0 Å². The Morgan fingerprint density at radius 3 is 1.56 bits per heavy atom. The first-order chi connectivity index (χ1) is 12.5. The molecule has 0 saturated heterocycles. The third kappa shape index (κ3) is 5.23.